The molecule has 0 heterocycles. The summed E-state index contributed by atoms with van der Waals surface area (Å²) >= 11 is 0. The number of benzene rings is 2. The minimum atomic E-state index is 0. The van der Waals surface area contributed by atoms with Gasteiger partial charge >= 0.3 is 29.6 Å². The van der Waals surface area contributed by atoms with Gasteiger partial charge in [-0.2, -0.15) is 0 Å². The van der Waals surface area contributed by atoms with E-state index in [0.29, 0.717) is 0 Å². The van der Waals surface area contributed by atoms with Crippen LogP contribution in [0.4, 0.5) is 0 Å². The molecular weight excluding hydrogens is 231 g/mol. The van der Waals surface area contributed by atoms with Gasteiger partial charge in [0.25, 0.3) is 0 Å². The van der Waals surface area contributed by atoms with Gasteiger partial charge in [-0.1, -0.05) is 60.7 Å². The third kappa shape index (κ3) is 6.97. The molecule has 1 nitrogen and oxygen atoms in total. The zero-order chi connectivity index (χ0) is 12.3. The maximum Gasteiger partial charge on any atom is -0.0184 e. The number of hydrogen-bond donors (Lipinski definition) is 0. The van der Waals surface area contributed by atoms with E-state index in [2.05, 4.69) is 48.5 Å². The number of ether oxygens (including phenoxy) is 1. The van der Waals surface area contributed by atoms with Crippen LogP contribution in [0.25, 0.3) is 11.1 Å². The summed E-state index contributed by atoms with van der Waals surface area (Å²) in [5, 5.41) is 0. The van der Waals surface area contributed by atoms with Crippen molar-refractivity contribution in [3.05, 3.63) is 60.7 Å². The van der Waals surface area contributed by atoms with Crippen molar-refractivity contribution in [3.63, 3.8) is 0 Å². The molecule has 0 unspecified atom stereocenters. The van der Waals surface area contributed by atoms with E-state index in [1.807, 2.05) is 26.0 Å². The predicted molar refractivity (Wildman–Crippen MR) is 81.2 cm³/mol. The summed E-state index contributed by atoms with van der Waals surface area (Å²) in [6, 6.07) is 20.8. The van der Waals surface area contributed by atoms with Crippen LogP contribution >= 0.6 is 0 Å². The second-order valence-corrected chi connectivity index (χ2v) is 3.51. The first-order valence-electron chi connectivity index (χ1n) is 6.06. The molecule has 0 saturated heterocycles. The van der Waals surface area contributed by atoms with Gasteiger partial charge in [0.1, 0.15) is 0 Å². The van der Waals surface area contributed by atoms with E-state index in [9.17, 15) is 0 Å². The molecule has 0 aliphatic carbocycles. The molecule has 0 saturated carbocycles. The average Bonchev–Trinajstić information content (AvgIpc) is 2.42. The Balaban J connectivity index is 0.000000421. The Kier molecular flexibility index (Phi) is 11.1. The zero-order valence-electron chi connectivity index (χ0n) is 10.6. The first-order valence-corrected chi connectivity index (χ1v) is 6.06. The van der Waals surface area contributed by atoms with Gasteiger partial charge in [-0.25, -0.2) is 0 Å². The minimum Gasteiger partial charge on any atom is -0.0622 e. The summed E-state index contributed by atoms with van der Waals surface area (Å²) in [6.45, 7) is 5.67. The predicted octanol–water partition coefficient (Wildman–Crippen LogP) is 3.75. The van der Waals surface area contributed by atoms with Crippen molar-refractivity contribution < 1.29 is 4.74 Å². The first-order chi connectivity index (χ1) is 8.38. The van der Waals surface area contributed by atoms with E-state index < -0.39 is 0 Å². The van der Waals surface area contributed by atoms with E-state index in [1.165, 1.54) is 11.1 Å². The van der Waals surface area contributed by atoms with Crippen molar-refractivity contribution in [1.29, 1.82) is 0 Å². The van der Waals surface area contributed by atoms with Crippen LogP contribution in [0.3, 0.4) is 0 Å². The van der Waals surface area contributed by atoms with Gasteiger partial charge in [0.05, 0.1) is 0 Å². The first kappa shape index (κ1) is 17.4. The summed E-state index contributed by atoms with van der Waals surface area (Å²) < 4.78 is 4.83. The van der Waals surface area contributed by atoms with Gasteiger partial charge < -0.3 is 4.74 Å². The van der Waals surface area contributed by atoms with Crippen LogP contribution in [0.2, 0.25) is 0 Å². The molecule has 2 aromatic rings. The molecular formula is C16H21NaO. The Morgan fingerprint density at radius 3 is 1.22 bits per heavy atom. The second kappa shape index (κ2) is 11.5. The molecule has 0 amide bonds. The van der Waals surface area contributed by atoms with Gasteiger partial charge in [0.15, 0.2) is 0 Å². The molecule has 92 valence electrons. The van der Waals surface area contributed by atoms with Crippen molar-refractivity contribution in [2.75, 3.05) is 13.2 Å². The third-order valence-corrected chi connectivity index (χ3v) is 2.29. The van der Waals surface area contributed by atoms with E-state index in [4.69, 9.17) is 4.74 Å². The Bertz CT molecular complexity index is 347. The number of rotatable bonds is 3. The van der Waals surface area contributed by atoms with Crippen molar-refractivity contribution in [2.45, 2.75) is 13.8 Å². The quantitative estimate of drug-likeness (QED) is 0.756. The molecule has 0 fully saturated rings. The maximum atomic E-state index is 4.83. The Morgan fingerprint density at radius 2 is 1.00 bits per heavy atom. The van der Waals surface area contributed by atoms with Gasteiger partial charge in [-0.3, -0.25) is 0 Å². The molecule has 0 aromatic heterocycles. The molecule has 0 radical (unpaired) electrons. The van der Waals surface area contributed by atoms with E-state index >= 15 is 0 Å². The SMILES string of the molecule is CCOCC.[NaH].c1ccc(-c2ccccc2)cc1. The van der Waals surface area contributed by atoms with Gasteiger partial charge in [-0.15, -0.1) is 0 Å². The van der Waals surface area contributed by atoms with Gasteiger partial charge in [0, 0.05) is 13.2 Å². The summed E-state index contributed by atoms with van der Waals surface area (Å²) in [6.07, 6.45) is 0. The molecule has 0 spiro atoms. The van der Waals surface area contributed by atoms with E-state index in [1.54, 1.807) is 0 Å². The molecule has 0 aliphatic rings. The number of hydrogen-bond acceptors (Lipinski definition) is 1. The average molecular weight is 252 g/mol. The molecule has 0 bridgehead atoms. The standard InChI is InChI=1S/C12H10.C4H10O.Na.H/c1-3-7-11(8-4-1)12-9-5-2-6-10-12;1-3-5-4-2;;/h1-10H;3-4H2,1-2H3;;. The van der Waals surface area contributed by atoms with Crippen molar-refractivity contribution in [2.24, 2.45) is 0 Å². The summed E-state index contributed by atoms with van der Waals surface area (Å²) in [5.41, 5.74) is 2.55. The van der Waals surface area contributed by atoms with Crippen molar-refractivity contribution >= 4 is 29.6 Å². The Labute approximate surface area is 132 Å². The summed E-state index contributed by atoms with van der Waals surface area (Å²) in [4.78, 5) is 0. The monoisotopic (exact) mass is 252 g/mol. The van der Waals surface area contributed by atoms with Crippen molar-refractivity contribution in [3.8, 4) is 11.1 Å². The van der Waals surface area contributed by atoms with Crippen LogP contribution in [-0.4, -0.2) is 42.8 Å². The molecule has 18 heavy (non-hydrogen) atoms. The van der Waals surface area contributed by atoms with E-state index in [0.717, 1.165) is 13.2 Å². The van der Waals surface area contributed by atoms with Crippen LogP contribution in [-0.2, 0) is 4.74 Å². The third-order valence-electron chi connectivity index (χ3n) is 2.29. The molecule has 0 aliphatic heterocycles. The Hall–Kier alpha value is -0.600. The van der Waals surface area contributed by atoms with Gasteiger partial charge in [-0.05, 0) is 25.0 Å². The van der Waals surface area contributed by atoms with Crippen molar-refractivity contribution in [1.82, 2.24) is 0 Å². The molecule has 0 atom stereocenters. The topological polar surface area (TPSA) is 9.23 Å². The normalized spacial score (nSPS) is 8.78. The minimum absolute atomic E-state index is 0. The van der Waals surface area contributed by atoms with Crippen LogP contribution in [0, 0.1) is 0 Å². The summed E-state index contributed by atoms with van der Waals surface area (Å²) in [7, 11) is 0. The smallest absolute Gasteiger partial charge is 0.0184 e. The Morgan fingerprint density at radius 1 is 0.667 bits per heavy atom. The van der Waals surface area contributed by atoms with Crippen LogP contribution in [0.15, 0.2) is 60.7 Å². The second-order valence-electron chi connectivity index (χ2n) is 3.51. The fourth-order valence-electron chi connectivity index (χ4n) is 1.47. The fourth-order valence-corrected chi connectivity index (χ4v) is 1.47. The molecule has 2 rings (SSSR count). The molecule has 2 aromatic carbocycles. The van der Waals surface area contributed by atoms with E-state index in [-0.39, 0.29) is 29.6 Å². The zero-order valence-corrected chi connectivity index (χ0v) is 10.6. The largest absolute Gasteiger partial charge is 0.0622 e. The fraction of sp³-hybridized carbons (Fsp3) is 0.250. The van der Waals surface area contributed by atoms with Crippen LogP contribution < -0.4 is 0 Å². The molecule has 2 heteroatoms. The molecule has 0 N–H and O–H groups in total. The summed E-state index contributed by atoms with van der Waals surface area (Å²) in [5.74, 6) is 0. The van der Waals surface area contributed by atoms with Gasteiger partial charge in [0.2, 0.25) is 0 Å². The van der Waals surface area contributed by atoms with Crippen LogP contribution in [0.5, 0.6) is 0 Å². The maximum absolute atomic E-state index is 4.83. The van der Waals surface area contributed by atoms with Crippen LogP contribution in [0.1, 0.15) is 13.8 Å².